The molecule has 11 heteroatoms. The molecular weight excluding hydrogens is 449 g/mol. The number of hydrogen-bond donors (Lipinski definition) is 1. The summed E-state index contributed by atoms with van der Waals surface area (Å²) in [5.41, 5.74) is 8.25. The first-order valence-corrected chi connectivity index (χ1v) is 11.5. The summed E-state index contributed by atoms with van der Waals surface area (Å²) in [5.74, 6) is 1.15. The molecule has 3 rings (SSSR count). The fraction of sp³-hybridized carbons (Fsp3) is 0.500. The van der Waals surface area contributed by atoms with Crippen molar-refractivity contribution in [2.75, 3.05) is 51.3 Å². The zero-order valence-corrected chi connectivity index (χ0v) is 19.9. The summed E-state index contributed by atoms with van der Waals surface area (Å²) in [7, 11) is 0. The Labute approximate surface area is 197 Å². The molecule has 2 N–H and O–H groups in total. The lowest BCUT2D eigenvalue weighted by molar-refractivity contribution is 0.0160. The van der Waals surface area contributed by atoms with E-state index in [1.807, 2.05) is 28.9 Å². The Morgan fingerprint density at radius 3 is 2.21 bits per heavy atom. The highest BCUT2D eigenvalue weighted by Gasteiger charge is 2.23. The first-order chi connectivity index (χ1) is 15.9. The summed E-state index contributed by atoms with van der Waals surface area (Å²) in [6.07, 6.45) is 1.46. The van der Waals surface area contributed by atoms with E-state index in [2.05, 4.69) is 30.7 Å². The Balaban J connectivity index is 1.50. The summed E-state index contributed by atoms with van der Waals surface area (Å²) >= 11 is 0.149. The predicted molar refractivity (Wildman–Crippen MR) is 127 cm³/mol. The van der Waals surface area contributed by atoms with Crippen molar-refractivity contribution in [1.29, 1.82) is 0 Å². The van der Waals surface area contributed by atoms with Gasteiger partial charge >= 0.3 is 0 Å². The quantitative estimate of drug-likeness (QED) is 0.289. The monoisotopic (exact) mass is 479 g/mol. The predicted octanol–water partition coefficient (Wildman–Crippen LogP) is 3.83. The maximum atomic E-state index is 11.8. The van der Waals surface area contributed by atoms with Crippen molar-refractivity contribution in [2.24, 2.45) is 0 Å². The smallest absolute Gasteiger partial charge is 0.164 e. The van der Waals surface area contributed by atoms with Gasteiger partial charge in [-0.05, 0) is 45.0 Å². The Bertz CT molecular complexity index is 1010. The molecule has 3 aromatic rings. The zero-order chi connectivity index (χ0) is 23.7. The molecule has 0 aliphatic carbocycles. The van der Waals surface area contributed by atoms with Crippen LogP contribution < -0.4 is 10.5 Å². The number of nitrogens with two attached hydrogens (primary N) is 1. The summed E-state index contributed by atoms with van der Waals surface area (Å²) in [6, 6.07) is 7.65. The van der Waals surface area contributed by atoms with E-state index < -0.39 is 0 Å². The summed E-state index contributed by atoms with van der Waals surface area (Å²) in [6.45, 7) is 8.72. The molecule has 0 saturated carbocycles. The van der Waals surface area contributed by atoms with Crippen LogP contribution in [0.1, 0.15) is 20.8 Å². The van der Waals surface area contributed by atoms with Gasteiger partial charge in [0.2, 0.25) is 0 Å². The van der Waals surface area contributed by atoms with E-state index >= 15 is 0 Å². The largest absolute Gasteiger partial charge is 0.491 e. The van der Waals surface area contributed by atoms with E-state index in [-0.39, 0.29) is 23.6 Å². The number of rotatable bonds is 13. The van der Waals surface area contributed by atoms with Crippen LogP contribution in [0.5, 0.6) is 5.75 Å². The molecule has 0 amide bonds. The number of hydrogen-bond acceptors (Lipinski definition) is 9. The number of fused-ring (bicyclic) bond motifs is 1. The second-order valence-corrected chi connectivity index (χ2v) is 8.58. The molecular formula is C22H30FN5O4S. The average molecular weight is 480 g/mol. The van der Waals surface area contributed by atoms with E-state index in [0.29, 0.717) is 51.1 Å². The molecule has 0 fully saturated rings. The highest BCUT2D eigenvalue weighted by molar-refractivity contribution is 7.94. The molecule has 1 aromatic carbocycles. The lowest BCUT2D eigenvalue weighted by Gasteiger charge is -2.19. The molecule has 33 heavy (non-hydrogen) atoms. The standard InChI is InChI=1S/C22H30FN5O4S/c1-22(2,3)28-21-18(20(24)25-14-26-21)19(27-28)16-4-6-17(7-5-16)32-13-12-30-9-8-29-10-11-31-15-33-23/h4-7,14H,8-13,15H2,1-3H3,(H2,24,25,26). The molecule has 0 spiro atoms. The van der Waals surface area contributed by atoms with Gasteiger partial charge in [-0.15, -0.1) is 0 Å². The normalized spacial score (nSPS) is 11.9. The number of benzene rings is 1. The third-order valence-corrected chi connectivity index (χ3v) is 4.88. The number of halogens is 1. The maximum Gasteiger partial charge on any atom is 0.164 e. The summed E-state index contributed by atoms with van der Waals surface area (Å²) < 4.78 is 35.1. The summed E-state index contributed by atoms with van der Waals surface area (Å²) in [5, 5.41) is 5.53. The molecule has 0 aliphatic rings. The molecule has 0 radical (unpaired) electrons. The minimum atomic E-state index is -0.256. The Hall–Kier alpha value is -2.47. The van der Waals surface area contributed by atoms with E-state index in [1.54, 1.807) is 0 Å². The molecule has 0 aliphatic heterocycles. The van der Waals surface area contributed by atoms with Crippen LogP contribution in [0.3, 0.4) is 0 Å². The van der Waals surface area contributed by atoms with Crippen molar-refractivity contribution < 1.29 is 22.8 Å². The molecule has 2 aromatic heterocycles. The molecule has 0 saturated heterocycles. The third-order valence-electron chi connectivity index (χ3n) is 4.63. The lowest BCUT2D eigenvalue weighted by atomic mass is 10.1. The highest BCUT2D eigenvalue weighted by Crippen LogP contribution is 2.33. The van der Waals surface area contributed by atoms with Gasteiger partial charge in [-0.25, -0.2) is 14.6 Å². The molecule has 180 valence electrons. The maximum absolute atomic E-state index is 11.8. The van der Waals surface area contributed by atoms with Crippen molar-refractivity contribution in [2.45, 2.75) is 26.3 Å². The van der Waals surface area contributed by atoms with Gasteiger partial charge in [0.05, 0.1) is 56.1 Å². The van der Waals surface area contributed by atoms with Crippen molar-refractivity contribution in [1.82, 2.24) is 19.7 Å². The topological polar surface area (TPSA) is 107 Å². The van der Waals surface area contributed by atoms with Gasteiger partial charge in [-0.2, -0.15) is 8.98 Å². The van der Waals surface area contributed by atoms with Crippen LogP contribution in [0.4, 0.5) is 9.70 Å². The first kappa shape index (κ1) is 25.2. The molecule has 0 atom stereocenters. The number of nitrogens with zero attached hydrogens (tertiary/aromatic N) is 4. The number of ether oxygens (including phenoxy) is 4. The van der Waals surface area contributed by atoms with Crippen molar-refractivity contribution in [3.05, 3.63) is 30.6 Å². The molecule has 9 nitrogen and oxygen atoms in total. The van der Waals surface area contributed by atoms with Gasteiger partial charge in [0.1, 0.15) is 36.1 Å². The number of anilines is 1. The minimum Gasteiger partial charge on any atom is -0.491 e. The van der Waals surface area contributed by atoms with Crippen molar-refractivity contribution in [3.63, 3.8) is 0 Å². The van der Waals surface area contributed by atoms with Gasteiger partial charge < -0.3 is 24.7 Å². The summed E-state index contributed by atoms with van der Waals surface area (Å²) in [4.78, 5) is 8.55. The van der Waals surface area contributed by atoms with E-state index in [0.717, 1.165) is 22.4 Å². The SMILES string of the molecule is CC(C)(C)n1nc(-c2ccc(OCCOCCOCCOCSF)cc2)c2c(N)ncnc21. The average Bonchev–Trinajstić information content (AvgIpc) is 3.19. The van der Waals surface area contributed by atoms with Gasteiger partial charge in [0.15, 0.2) is 5.65 Å². The van der Waals surface area contributed by atoms with Crippen LogP contribution in [0.25, 0.3) is 22.3 Å². The molecule has 0 unspecified atom stereocenters. The third kappa shape index (κ3) is 7.00. The Morgan fingerprint density at radius 1 is 0.939 bits per heavy atom. The second kappa shape index (κ2) is 12.1. The van der Waals surface area contributed by atoms with Crippen molar-refractivity contribution in [3.8, 4) is 17.0 Å². The van der Waals surface area contributed by atoms with Crippen LogP contribution in [0, 0.1) is 0 Å². The van der Waals surface area contributed by atoms with Crippen molar-refractivity contribution >= 4 is 29.0 Å². The Morgan fingerprint density at radius 2 is 1.58 bits per heavy atom. The van der Waals surface area contributed by atoms with Crippen LogP contribution in [0.15, 0.2) is 30.6 Å². The number of nitrogen functional groups attached to an aromatic ring is 1. The Kier molecular flexibility index (Phi) is 9.24. The van der Waals surface area contributed by atoms with Gasteiger partial charge in [0, 0.05) is 5.56 Å². The lowest BCUT2D eigenvalue weighted by Crippen LogP contribution is -2.23. The highest BCUT2D eigenvalue weighted by atomic mass is 32.2. The van der Waals surface area contributed by atoms with Gasteiger partial charge in [0.25, 0.3) is 0 Å². The van der Waals surface area contributed by atoms with Gasteiger partial charge in [-0.3, -0.25) is 0 Å². The zero-order valence-electron chi connectivity index (χ0n) is 19.1. The minimum absolute atomic E-state index is 0.0252. The van der Waals surface area contributed by atoms with Crippen LogP contribution in [-0.4, -0.2) is 65.3 Å². The fourth-order valence-electron chi connectivity index (χ4n) is 3.10. The first-order valence-electron chi connectivity index (χ1n) is 10.6. The second-order valence-electron chi connectivity index (χ2n) is 8.12. The molecule has 2 heterocycles. The van der Waals surface area contributed by atoms with E-state index in [9.17, 15) is 3.89 Å². The molecule has 0 bridgehead atoms. The van der Waals surface area contributed by atoms with Crippen LogP contribution in [0.2, 0.25) is 0 Å². The fourth-order valence-corrected chi connectivity index (χ4v) is 3.28. The van der Waals surface area contributed by atoms with Crippen LogP contribution >= 0.6 is 12.1 Å². The van der Waals surface area contributed by atoms with E-state index in [1.165, 1.54) is 6.33 Å². The van der Waals surface area contributed by atoms with Gasteiger partial charge in [-0.1, -0.05) is 0 Å². The number of aromatic nitrogens is 4. The van der Waals surface area contributed by atoms with Crippen LogP contribution in [-0.2, 0) is 19.7 Å². The van der Waals surface area contributed by atoms with E-state index in [4.69, 9.17) is 29.8 Å².